The Morgan fingerprint density at radius 3 is 2.04 bits per heavy atom. The molecular weight excluding hydrogens is 406 g/mol. The summed E-state index contributed by atoms with van der Waals surface area (Å²) < 4.78 is 5.93. The summed E-state index contributed by atoms with van der Waals surface area (Å²) in [7, 11) is 4.00. The number of nitrogens with zero attached hydrogens (tertiary/aromatic N) is 1. The number of quaternary nitrogens is 1. The first kappa shape index (κ1) is 22.8. The fraction of sp³-hybridized carbons (Fsp3) is 0.273. The molecule has 144 valence electrons. The minimum Gasteiger partial charge on any atom is -1.00 e. The van der Waals surface area contributed by atoms with Gasteiger partial charge in [-0.05, 0) is 6.92 Å². The molecule has 2 aromatic carbocycles. The second kappa shape index (κ2) is 9.62. The van der Waals surface area contributed by atoms with Crippen molar-refractivity contribution in [1.29, 1.82) is 0 Å². The summed E-state index contributed by atoms with van der Waals surface area (Å²) in [5.41, 5.74) is 2.79. The van der Waals surface area contributed by atoms with Gasteiger partial charge in [0, 0.05) is 29.2 Å². The first-order valence-corrected chi connectivity index (χ1v) is 8.58. The summed E-state index contributed by atoms with van der Waals surface area (Å²) in [6.07, 6.45) is -0.315. The molecule has 0 N–H and O–H groups in total. The van der Waals surface area contributed by atoms with Crippen LogP contribution in [0.1, 0.15) is 35.3 Å². The largest absolute Gasteiger partial charge is 1.00 e. The average molecular weight is 432 g/mol. The minimum atomic E-state index is -0.382. The Balaban J connectivity index is 0.00000364. The van der Waals surface area contributed by atoms with E-state index in [0.29, 0.717) is 27.7 Å². The lowest BCUT2D eigenvalue weighted by Crippen LogP contribution is -3.00. The van der Waals surface area contributed by atoms with Gasteiger partial charge in [0.15, 0.2) is 5.78 Å². The van der Waals surface area contributed by atoms with E-state index < -0.39 is 0 Å². The third-order valence-corrected chi connectivity index (χ3v) is 4.45. The number of rotatable bonds is 7. The van der Waals surface area contributed by atoms with E-state index >= 15 is 0 Å². The fourth-order valence-corrected chi connectivity index (χ4v) is 2.52. The SMILES string of the molecule is C=C(C)C(=O)OC(C)[N+](C)(C)Cc1ccc(C(=O)c2ccccc2)cc1.[Br-]. The summed E-state index contributed by atoms with van der Waals surface area (Å²) >= 11 is 0. The molecule has 0 heterocycles. The molecule has 0 aromatic heterocycles. The van der Waals surface area contributed by atoms with E-state index in [9.17, 15) is 9.59 Å². The van der Waals surface area contributed by atoms with Gasteiger partial charge in [0.2, 0.25) is 6.23 Å². The average Bonchev–Trinajstić information content (AvgIpc) is 2.62. The molecule has 0 saturated heterocycles. The van der Waals surface area contributed by atoms with Gasteiger partial charge >= 0.3 is 5.97 Å². The van der Waals surface area contributed by atoms with Crippen LogP contribution in [0.2, 0.25) is 0 Å². The maximum Gasteiger partial charge on any atom is 0.337 e. The highest BCUT2D eigenvalue weighted by Gasteiger charge is 2.28. The van der Waals surface area contributed by atoms with Crippen molar-refractivity contribution in [2.45, 2.75) is 26.6 Å². The van der Waals surface area contributed by atoms with Crippen LogP contribution in [0.5, 0.6) is 0 Å². The zero-order chi connectivity index (χ0) is 19.3. The fourth-order valence-electron chi connectivity index (χ4n) is 2.52. The summed E-state index contributed by atoms with van der Waals surface area (Å²) in [5.74, 6) is -0.373. The second-order valence-corrected chi connectivity index (χ2v) is 7.11. The molecule has 0 fully saturated rings. The van der Waals surface area contributed by atoms with Crippen molar-refractivity contribution in [2.24, 2.45) is 0 Å². The van der Waals surface area contributed by atoms with Crippen LogP contribution >= 0.6 is 0 Å². The number of esters is 1. The van der Waals surface area contributed by atoms with Crippen LogP contribution in [0.25, 0.3) is 0 Å². The Labute approximate surface area is 171 Å². The summed E-state index contributed by atoms with van der Waals surface area (Å²) in [6.45, 7) is 7.79. The molecule has 1 unspecified atom stereocenters. The van der Waals surface area contributed by atoms with E-state index in [1.54, 1.807) is 6.92 Å². The molecule has 1 atom stereocenters. The number of ether oxygens (including phenoxy) is 1. The van der Waals surface area contributed by atoms with Gasteiger partial charge in [0.1, 0.15) is 6.54 Å². The summed E-state index contributed by atoms with van der Waals surface area (Å²) in [4.78, 5) is 24.2. The van der Waals surface area contributed by atoms with Crippen LogP contribution in [0.3, 0.4) is 0 Å². The third kappa shape index (κ3) is 6.15. The highest BCUT2D eigenvalue weighted by atomic mass is 79.9. The molecule has 0 aliphatic heterocycles. The first-order chi connectivity index (χ1) is 12.2. The molecule has 4 nitrogen and oxygen atoms in total. The number of carbonyl (C=O) groups is 2. The van der Waals surface area contributed by atoms with Crippen molar-refractivity contribution in [1.82, 2.24) is 0 Å². The van der Waals surface area contributed by atoms with Gasteiger partial charge in [-0.15, -0.1) is 0 Å². The van der Waals surface area contributed by atoms with Gasteiger partial charge in [-0.3, -0.25) is 9.28 Å². The van der Waals surface area contributed by atoms with Gasteiger partial charge in [0.05, 0.1) is 14.1 Å². The predicted octanol–water partition coefficient (Wildman–Crippen LogP) is 0.963. The van der Waals surface area contributed by atoms with E-state index in [2.05, 4.69) is 6.58 Å². The number of hydrogen-bond donors (Lipinski definition) is 0. The van der Waals surface area contributed by atoms with Crippen molar-refractivity contribution in [3.63, 3.8) is 0 Å². The molecule has 0 bridgehead atoms. The van der Waals surface area contributed by atoms with E-state index in [0.717, 1.165) is 5.56 Å². The molecule has 2 aromatic rings. The molecule has 0 saturated carbocycles. The number of carbonyl (C=O) groups excluding carboxylic acids is 2. The molecule has 0 amide bonds. The van der Waals surface area contributed by atoms with Crippen molar-refractivity contribution in [3.8, 4) is 0 Å². The molecule has 0 aliphatic rings. The lowest BCUT2D eigenvalue weighted by atomic mass is 10.0. The molecule has 0 radical (unpaired) electrons. The van der Waals surface area contributed by atoms with E-state index in [-0.39, 0.29) is 35.0 Å². The Morgan fingerprint density at radius 2 is 1.52 bits per heavy atom. The van der Waals surface area contributed by atoms with Crippen LogP contribution in [0, 0.1) is 0 Å². The Bertz CT molecular complexity index is 798. The maximum atomic E-state index is 12.5. The molecule has 27 heavy (non-hydrogen) atoms. The summed E-state index contributed by atoms with van der Waals surface area (Å²) in [5, 5.41) is 0. The smallest absolute Gasteiger partial charge is 0.337 e. The number of halogens is 1. The highest BCUT2D eigenvalue weighted by molar-refractivity contribution is 6.08. The molecular formula is C22H26BrNO3. The first-order valence-electron chi connectivity index (χ1n) is 8.58. The standard InChI is InChI=1S/C22H26NO3.BrH/c1-16(2)22(25)26-17(3)23(4,5)15-18-11-13-20(14-12-18)21(24)19-9-7-6-8-10-19;/h6-14,17H,1,15H2,2-5H3;1H/q+1;/p-1. The Kier molecular flexibility index (Phi) is 8.13. The number of ketones is 1. The van der Waals surface area contributed by atoms with Crippen LogP contribution < -0.4 is 17.0 Å². The van der Waals surface area contributed by atoms with Crippen molar-refractivity contribution < 1.29 is 35.8 Å². The van der Waals surface area contributed by atoms with E-state index in [4.69, 9.17) is 4.74 Å². The van der Waals surface area contributed by atoms with Gasteiger partial charge in [-0.2, -0.15) is 0 Å². The Morgan fingerprint density at radius 1 is 1.00 bits per heavy atom. The quantitative estimate of drug-likeness (QED) is 0.215. The molecule has 5 heteroatoms. The summed E-state index contributed by atoms with van der Waals surface area (Å²) in [6, 6.07) is 16.8. The lowest BCUT2D eigenvalue weighted by Gasteiger charge is -2.35. The molecule has 2 rings (SSSR count). The lowest BCUT2D eigenvalue weighted by molar-refractivity contribution is -0.945. The molecule has 0 aliphatic carbocycles. The second-order valence-electron chi connectivity index (χ2n) is 7.11. The molecule has 0 spiro atoms. The van der Waals surface area contributed by atoms with Crippen molar-refractivity contribution in [3.05, 3.63) is 83.4 Å². The van der Waals surface area contributed by atoms with Crippen molar-refractivity contribution >= 4 is 11.8 Å². The maximum absolute atomic E-state index is 12.5. The van der Waals surface area contributed by atoms with Crippen LogP contribution in [-0.2, 0) is 16.1 Å². The van der Waals surface area contributed by atoms with Crippen LogP contribution in [0.15, 0.2) is 66.7 Å². The predicted molar refractivity (Wildman–Crippen MR) is 102 cm³/mol. The van der Waals surface area contributed by atoms with E-state index in [1.165, 1.54) is 0 Å². The van der Waals surface area contributed by atoms with Gasteiger partial charge in [-0.25, -0.2) is 4.79 Å². The zero-order valence-corrected chi connectivity index (χ0v) is 17.8. The van der Waals surface area contributed by atoms with E-state index in [1.807, 2.05) is 75.6 Å². The normalized spacial score (nSPS) is 11.9. The van der Waals surface area contributed by atoms with Crippen LogP contribution in [0.4, 0.5) is 0 Å². The third-order valence-electron chi connectivity index (χ3n) is 4.45. The Hall–Kier alpha value is -2.24. The zero-order valence-electron chi connectivity index (χ0n) is 16.2. The van der Waals surface area contributed by atoms with Crippen LogP contribution in [-0.4, -0.2) is 36.6 Å². The van der Waals surface area contributed by atoms with Crippen molar-refractivity contribution in [2.75, 3.05) is 14.1 Å². The van der Waals surface area contributed by atoms with Gasteiger partial charge in [0.25, 0.3) is 0 Å². The monoisotopic (exact) mass is 431 g/mol. The van der Waals surface area contributed by atoms with Gasteiger partial charge < -0.3 is 21.7 Å². The minimum absolute atomic E-state index is 0. The topological polar surface area (TPSA) is 43.4 Å². The number of benzene rings is 2. The van der Waals surface area contributed by atoms with Gasteiger partial charge in [-0.1, -0.05) is 61.2 Å². The highest BCUT2D eigenvalue weighted by Crippen LogP contribution is 2.18. The number of hydrogen-bond acceptors (Lipinski definition) is 3.